The molecule has 1 aliphatic heterocycles. The molecule has 0 saturated carbocycles. The van der Waals surface area contributed by atoms with Crippen molar-refractivity contribution < 1.29 is 18.3 Å². The Kier molecular flexibility index (Phi) is 4.71. The third-order valence-electron chi connectivity index (χ3n) is 4.76. The van der Waals surface area contributed by atoms with Crippen molar-refractivity contribution in [1.82, 2.24) is 4.31 Å². The molecule has 1 heterocycles. The van der Waals surface area contributed by atoms with Crippen molar-refractivity contribution in [3.8, 4) is 0 Å². The molecule has 6 nitrogen and oxygen atoms in total. The van der Waals surface area contributed by atoms with E-state index >= 15 is 0 Å². The molecule has 0 atom stereocenters. The highest BCUT2D eigenvalue weighted by atomic mass is 32.2. The molecule has 1 saturated heterocycles. The average molecular weight is 362 g/mol. The molecule has 0 amide bonds. The number of anilines is 1. The van der Waals surface area contributed by atoms with Crippen molar-refractivity contribution in [1.29, 1.82) is 0 Å². The smallest absolute Gasteiger partial charge is 0.306 e. The maximum atomic E-state index is 13.1. The minimum Gasteiger partial charge on any atom is -0.481 e. The molecule has 0 bridgehead atoms. The highest BCUT2D eigenvalue weighted by Crippen LogP contribution is 2.32. The number of carboxylic acids is 1. The third kappa shape index (κ3) is 3.21. The van der Waals surface area contributed by atoms with Gasteiger partial charge >= 0.3 is 5.97 Å². The Morgan fingerprint density at radius 3 is 2.28 bits per heavy atom. The number of nitrogens with zero attached hydrogens (tertiary/aromatic N) is 2. The summed E-state index contributed by atoms with van der Waals surface area (Å²) in [5.74, 6) is -1.31. The number of hydrogen-bond donors (Lipinski definition) is 1. The minimum atomic E-state index is -3.66. The van der Waals surface area contributed by atoms with Crippen LogP contribution in [0.2, 0.25) is 0 Å². The number of sulfonamides is 1. The molecule has 1 N–H and O–H groups in total. The predicted molar refractivity (Wildman–Crippen MR) is 97.4 cm³/mol. The first-order valence-electron chi connectivity index (χ1n) is 8.24. The van der Waals surface area contributed by atoms with Crippen LogP contribution in [0.25, 0.3) is 10.8 Å². The first kappa shape index (κ1) is 17.7. The fourth-order valence-corrected chi connectivity index (χ4v) is 5.04. The molecule has 1 fully saturated rings. The number of benzene rings is 2. The molecule has 3 rings (SSSR count). The van der Waals surface area contributed by atoms with E-state index in [1.807, 2.05) is 43.3 Å². The van der Waals surface area contributed by atoms with Gasteiger partial charge in [0, 0.05) is 43.6 Å². The van der Waals surface area contributed by atoms with Crippen LogP contribution in [0.5, 0.6) is 0 Å². The Morgan fingerprint density at radius 2 is 1.68 bits per heavy atom. The van der Waals surface area contributed by atoms with E-state index in [4.69, 9.17) is 5.11 Å². The largest absolute Gasteiger partial charge is 0.481 e. The van der Waals surface area contributed by atoms with E-state index < -0.39 is 21.9 Å². The first-order chi connectivity index (χ1) is 11.8. The topological polar surface area (TPSA) is 77.9 Å². The fraction of sp³-hybridized carbons (Fsp3) is 0.389. The van der Waals surface area contributed by atoms with Gasteiger partial charge in [0.05, 0.1) is 10.8 Å². The monoisotopic (exact) mass is 362 g/mol. The standard InChI is InChI=1S/C18H22N2O4S/c1-19(2)16-7-3-6-15-14(16)5-4-8-17(15)25(23,24)20-11-9-13(10-12-20)18(21)22/h3-8,13H,9-12H2,1-2H3,(H,21,22). The predicted octanol–water partition coefficient (Wildman–Crippen LogP) is 2.39. The fourth-order valence-electron chi connectivity index (χ4n) is 3.36. The number of piperidine rings is 1. The third-order valence-corrected chi connectivity index (χ3v) is 6.72. The summed E-state index contributed by atoms with van der Waals surface area (Å²) in [4.78, 5) is 13.3. The molecule has 1 aliphatic rings. The maximum Gasteiger partial charge on any atom is 0.306 e. The van der Waals surface area contributed by atoms with E-state index in [2.05, 4.69) is 0 Å². The van der Waals surface area contributed by atoms with Crippen molar-refractivity contribution in [3.05, 3.63) is 36.4 Å². The average Bonchev–Trinajstić information content (AvgIpc) is 2.60. The Bertz CT molecular complexity index is 900. The number of carbonyl (C=O) groups is 1. The molecule has 0 spiro atoms. The Hall–Kier alpha value is -2.12. The number of fused-ring (bicyclic) bond motifs is 1. The zero-order valence-corrected chi connectivity index (χ0v) is 15.2. The van der Waals surface area contributed by atoms with Gasteiger partial charge in [-0.1, -0.05) is 24.3 Å². The number of hydrogen-bond acceptors (Lipinski definition) is 4. The van der Waals surface area contributed by atoms with E-state index in [1.165, 1.54) is 4.31 Å². The van der Waals surface area contributed by atoms with Crippen LogP contribution in [0.1, 0.15) is 12.8 Å². The van der Waals surface area contributed by atoms with Crippen LogP contribution in [0.15, 0.2) is 41.3 Å². The van der Waals surface area contributed by atoms with Crippen molar-refractivity contribution in [3.63, 3.8) is 0 Å². The Labute approximate surface area is 147 Å². The first-order valence-corrected chi connectivity index (χ1v) is 9.68. The summed E-state index contributed by atoms with van der Waals surface area (Å²) in [6.07, 6.45) is 0.699. The number of rotatable bonds is 4. The lowest BCUT2D eigenvalue weighted by Crippen LogP contribution is -2.40. The minimum absolute atomic E-state index is 0.239. The lowest BCUT2D eigenvalue weighted by molar-refractivity contribution is -0.142. The van der Waals surface area contributed by atoms with E-state index in [1.54, 1.807) is 12.1 Å². The molecule has 0 unspecified atom stereocenters. The molecule has 134 valence electrons. The van der Waals surface area contributed by atoms with Crippen LogP contribution in [-0.4, -0.2) is 51.0 Å². The van der Waals surface area contributed by atoms with Gasteiger partial charge in [-0.25, -0.2) is 8.42 Å². The highest BCUT2D eigenvalue weighted by Gasteiger charge is 2.32. The SMILES string of the molecule is CN(C)c1cccc2c(S(=O)(=O)N3CCC(C(=O)O)CC3)cccc12. The van der Waals surface area contributed by atoms with Crippen molar-refractivity contribution in [2.24, 2.45) is 5.92 Å². The van der Waals surface area contributed by atoms with Gasteiger partial charge in [-0.05, 0) is 25.0 Å². The number of aliphatic carboxylic acids is 1. The molecule has 0 aromatic heterocycles. The van der Waals surface area contributed by atoms with Gasteiger partial charge in [0.2, 0.25) is 10.0 Å². The van der Waals surface area contributed by atoms with E-state index in [0.717, 1.165) is 11.1 Å². The van der Waals surface area contributed by atoms with Gasteiger partial charge < -0.3 is 10.0 Å². The van der Waals surface area contributed by atoms with Gasteiger partial charge in [0.15, 0.2) is 0 Å². The van der Waals surface area contributed by atoms with Crippen LogP contribution in [-0.2, 0) is 14.8 Å². The summed E-state index contributed by atoms with van der Waals surface area (Å²) < 4.78 is 27.7. The van der Waals surface area contributed by atoms with Crippen LogP contribution < -0.4 is 4.90 Å². The van der Waals surface area contributed by atoms with Crippen LogP contribution in [0, 0.1) is 5.92 Å². The summed E-state index contributed by atoms with van der Waals surface area (Å²) in [5.41, 5.74) is 0.958. The van der Waals surface area contributed by atoms with E-state index in [9.17, 15) is 13.2 Å². The normalized spacial score (nSPS) is 16.9. The molecule has 25 heavy (non-hydrogen) atoms. The molecular formula is C18H22N2O4S. The van der Waals surface area contributed by atoms with Crippen molar-refractivity contribution >= 4 is 32.5 Å². The molecular weight excluding hydrogens is 340 g/mol. The molecule has 2 aromatic carbocycles. The summed E-state index contributed by atoms with van der Waals surface area (Å²) in [5, 5.41) is 10.7. The lowest BCUT2D eigenvalue weighted by Gasteiger charge is -2.29. The van der Waals surface area contributed by atoms with Gasteiger partial charge in [0.1, 0.15) is 0 Å². The highest BCUT2D eigenvalue weighted by molar-refractivity contribution is 7.89. The summed E-state index contributed by atoms with van der Waals surface area (Å²) in [6.45, 7) is 0.478. The molecule has 0 aliphatic carbocycles. The Balaban J connectivity index is 2.01. The lowest BCUT2D eigenvalue weighted by atomic mass is 9.99. The van der Waals surface area contributed by atoms with Gasteiger partial charge in [-0.2, -0.15) is 4.31 Å². The van der Waals surface area contributed by atoms with Crippen LogP contribution in [0.4, 0.5) is 5.69 Å². The number of carboxylic acid groups (broad SMARTS) is 1. The second kappa shape index (κ2) is 6.65. The second-order valence-electron chi connectivity index (χ2n) is 6.54. The van der Waals surface area contributed by atoms with Crippen molar-refractivity contribution in [2.75, 3.05) is 32.1 Å². The summed E-state index contributed by atoms with van der Waals surface area (Å²) in [6, 6.07) is 10.9. The van der Waals surface area contributed by atoms with Gasteiger partial charge in [-0.3, -0.25) is 4.79 Å². The summed E-state index contributed by atoms with van der Waals surface area (Å²) >= 11 is 0. The summed E-state index contributed by atoms with van der Waals surface area (Å²) in [7, 11) is 0.188. The molecule has 7 heteroatoms. The zero-order valence-electron chi connectivity index (χ0n) is 14.3. The van der Waals surface area contributed by atoms with E-state index in [0.29, 0.717) is 18.2 Å². The van der Waals surface area contributed by atoms with E-state index in [-0.39, 0.29) is 18.0 Å². The maximum absolute atomic E-state index is 13.1. The van der Waals surface area contributed by atoms with Gasteiger partial charge in [0.25, 0.3) is 0 Å². The Morgan fingerprint density at radius 1 is 1.08 bits per heavy atom. The van der Waals surface area contributed by atoms with Crippen LogP contribution >= 0.6 is 0 Å². The molecule has 0 radical (unpaired) electrons. The van der Waals surface area contributed by atoms with Gasteiger partial charge in [-0.15, -0.1) is 0 Å². The quantitative estimate of drug-likeness (QED) is 0.904. The molecule has 2 aromatic rings. The zero-order chi connectivity index (χ0) is 18.2. The van der Waals surface area contributed by atoms with Crippen LogP contribution in [0.3, 0.4) is 0 Å². The van der Waals surface area contributed by atoms with Crippen molar-refractivity contribution in [2.45, 2.75) is 17.7 Å². The second-order valence-corrected chi connectivity index (χ2v) is 8.45.